The third-order valence-corrected chi connectivity index (χ3v) is 4.97. The lowest BCUT2D eigenvalue weighted by Crippen LogP contribution is -2.38. The molecule has 2 fully saturated rings. The molecule has 0 spiro atoms. The molecule has 2 heterocycles. The Bertz CT molecular complexity index is 585. The predicted molar refractivity (Wildman–Crippen MR) is 93.1 cm³/mol. The Kier molecular flexibility index (Phi) is 6.15. The lowest BCUT2D eigenvalue weighted by molar-refractivity contribution is -0.143. The molecule has 25 heavy (non-hydrogen) atoms. The smallest absolute Gasteiger partial charge is 0.307 e. The van der Waals surface area contributed by atoms with Crippen molar-refractivity contribution in [2.45, 2.75) is 38.3 Å². The fourth-order valence-electron chi connectivity index (χ4n) is 3.60. The van der Waals surface area contributed by atoms with E-state index in [-0.39, 0.29) is 12.0 Å². The monoisotopic (exact) mass is 349 g/mol. The van der Waals surface area contributed by atoms with E-state index in [0.29, 0.717) is 25.4 Å². The Balaban J connectivity index is 1.69. The van der Waals surface area contributed by atoms with Crippen molar-refractivity contribution in [2.24, 2.45) is 5.92 Å². The number of hydrogen-bond donors (Lipinski definition) is 1. The number of piperidine rings is 1. The maximum absolute atomic E-state index is 11.3. The van der Waals surface area contributed by atoms with Crippen molar-refractivity contribution < 1.29 is 24.1 Å². The van der Waals surface area contributed by atoms with E-state index >= 15 is 0 Å². The van der Waals surface area contributed by atoms with Gasteiger partial charge < -0.3 is 19.3 Å². The van der Waals surface area contributed by atoms with Gasteiger partial charge in [-0.2, -0.15) is 0 Å². The van der Waals surface area contributed by atoms with Crippen molar-refractivity contribution in [2.75, 3.05) is 33.4 Å². The van der Waals surface area contributed by atoms with Crippen LogP contribution in [0.15, 0.2) is 18.2 Å². The molecule has 0 radical (unpaired) electrons. The van der Waals surface area contributed by atoms with Gasteiger partial charge in [-0.25, -0.2) is 0 Å². The molecule has 0 aromatic heterocycles. The van der Waals surface area contributed by atoms with Crippen molar-refractivity contribution in [3.05, 3.63) is 23.8 Å². The Hall–Kier alpha value is -1.79. The Labute approximate surface area is 148 Å². The average Bonchev–Trinajstić information content (AvgIpc) is 3.14. The van der Waals surface area contributed by atoms with Gasteiger partial charge in [0.15, 0.2) is 11.5 Å². The molecule has 1 aromatic rings. The molecular formula is C19H27NO5. The lowest BCUT2D eigenvalue weighted by atomic mass is 9.98. The average molecular weight is 349 g/mol. The van der Waals surface area contributed by atoms with E-state index < -0.39 is 5.97 Å². The molecule has 6 heteroatoms. The van der Waals surface area contributed by atoms with Crippen LogP contribution in [-0.4, -0.2) is 55.5 Å². The highest BCUT2D eigenvalue weighted by molar-refractivity contribution is 5.70. The van der Waals surface area contributed by atoms with Gasteiger partial charge >= 0.3 is 5.97 Å². The number of likely N-dealkylation sites (tertiary alicyclic amines) is 1. The second-order valence-corrected chi connectivity index (χ2v) is 6.81. The molecule has 6 nitrogen and oxygen atoms in total. The third-order valence-electron chi connectivity index (χ3n) is 4.97. The topological polar surface area (TPSA) is 68.2 Å². The summed E-state index contributed by atoms with van der Waals surface area (Å²) in [7, 11) is 1.64. The number of para-hydroxylation sites is 1. The first-order valence-electron chi connectivity index (χ1n) is 9.03. The van der Waals surface area contributed by atoms with E-state index in [1.54, 1.807) is 7.11 Å². The molecule has 0 saturated carbocycles. The molecular weight excluding hydrogens is 322 g/mol. The maximum atomic E-state index is 11.3. The highest BCUT2D eigenvalue weighted by Gasteiger charge is 2.26. The number of hydrogen-bond acceptors (Lipinski definition) is 5. The number of aliphatic carboxylic acids is 1. The largest absolute Gasteiger partial charge is 0.493 e. The molecule has 0 bridgehead atoms. The van der Waals surface area contributed by atoms with Crippen LogP contribution in [0.25, 0.3) is 0 Å². The van der Waals surface area contributed by atoms with Gasteiger partial charge in [0.05, 0.1) is 19.1 Å². The van der Waals surface area contributed by atoms with E-state index in [1.807, 2.05) is 18.2 Å². The molecule has 2 saturated heterocycles. The van der Waals surface area contributed by atoms with E-state index in [0.717, 1.165) is 50.1 Å². The molecule has 138 valence electrons. The molecule has 2 aliphatic heterocycles. The maximum Gasteiger partial charge on any atom is 0.307 e. The van der Waals surface area contributed by atoms with Gasteiger partial charge in [0.25, 0.3) is 0 Å². The van der Waals surface area contributed by atoms with Gasteiger partial charge in [-0.3, -0.25) is 9.69 Å². The molecule has 2 aliphatic rings. The first-order valence-corrected chi connectivity index (χ1v) is 9.03. The predicted octanol–water partition coefficient (Wildman–Crippen LogP) is 2.55. The highest BCUT2D eigenvalue weighted by Crippen LogP contribution is 2.33. The van der Waals surface area contributed by atoms with Crippen LogP contribution in [0, 0.1) is 5.92 Å². The van der Waals surface area contributed by atoms with Crippen LogP contribution in [0.2, 0.25) is 0 Å². The van der Waals surface area contributed by atoms with Crippen LogP contribution in [0.3, 0.4) is 0 Å². The SMILES string of the molecule is COc1cccc(CN2CCCC(C(=O)O)C2)c1OCC1CCCO1. The zero-order chi connectivity index (χ0) is 17.6. The summed E-state index contributed by atoms with van der Waals surface area (Å²) >= 11 is 0. The van der Waals surface area contributed by atoms with E-state index in [1.165, 1.54) is 0 Å². The number of methoxy groups -OCH3 is 1. The number of carbonyl (C=O) groups is 1. The van der Waals surface area contributed by atoms with Crippen molar-refractivity contribution in [3.8, 4) is 11.5 Å². The highest BCUT2D eigenvalue weighted by atomic mass is 16.5. The molecule has 3 rings (SSSR count). The van der Waals surface area contributed by atoms with Crippen LogP contribution in [-0.2, 0) is 16.1 Å². The lowest BCUT2D eigenvalue weighted by Gasteiger charge is -2.31. The first kappa shape index (κ1) is 18.0. The van der Waals surface area contributed by atoms with Crippen molar-refractivity contribution in [1.82, 2.24) is 4.90 Å². The van der Waals surface area contributed by atoms with Gasteiger partial charge in [-0.05, 0) is 38.3 Å². The second kappa shape index (κ2) is 8.54. The van der Waals surface area contributed by atoms with Gasteiger partial charge in [-0.15, -0.1) is 0 Å². The summed E-state index contributed by atoms with van der Waals surface area (Å²) in [6.45, 7) is 3.48. The van der Waals surface area contributed by atoms with Crippen LogP contribution < -0.4 is 9.47 Å². The summed E-state index contributed by atoms with van der Waals surface area (Å²) in [5.41, 5.74) is 1.03. The summed E-state index contributed by atoms with van der Waals surface area (Å²) in [5.74, 6) is 0.473. The standard InChI is InChI=1S/C19H27NO5/c1-23-17-8-2-5-14(18(17)25-13-16-7-4-10-24-16)11-20-9-3-6-15(12-20)19(21)22/h2,5,8,15-16H,3-4,6-7,9-13H2,1H3,(H,21,22). The number of ether oxygens (including phenoxy) is 3. The summed E-state index contributed by atoms with van der Waals surface area (Å²) in [6.07, 6.45) is 3.91. The number of benzene rings is 1. The summed E-state index contributed by atoms with van der Waals surface area (Å²) in [4.78, 5) is 13.5. The summed E-state index contributed by atoms with van der Waals surface area (Å²) in [6, 6.07) is 5.87. The molecule has 2 unspecified atom stereocenters. The second-order valence-electron chi connectivity index (χ2n) is 6.81. The Morgan fingerprint density at radius 2 is 2.24 bits per heavy atom. The quantitative estimate of drug-likeness (QED) is 0.816. The van der Waals surface area contributed by atoms with E-state index in [9.17, 15) is 9.90 Å². The summed E-state index contributed by atoms with van der Waals surface area (Å²) < 4.78 is 17.2. The van der Waals surface area contributed by atoms with Crippen LogP contribution in [0.1, 0.15) is 31.2 Å². The minimum absolute atomic E-state index is 0.143. The Morgan fingerprint density at radius 3 is 2.96 bits per heavy atom. The molecule has 0 amide bonds. The van der Waals surface area contributed by atoms with Crippen molar-refractivity contribution >= 4 is 5.97 Å². The zero-order valence-electron chi connectivity index (χ0n) is 14.8. The fourth-order valence-corrected chi connectivity index (χ4v) is 3.60. The fraction of sp³-hybridized carbons (Fsp3) is 0.632. The third kappa shape index (κ3) is 4.64. The molecule has 0 aliphatic carbocycles. The normalized spacial score (nSPS) is 24.2. The van der Waals surface area contributed by atoms with Gasteiger partial charge in [0, 0.05) is 25.3 Å². The van der Waals surface area contributed by atoms with Crippen LogP contribution in [0.4, 0.5) is 0 Å². The van der Waals surface area contributed by atoms with Gasteiger partial charge in [0.2, 0.25) is 0 Å². The zero-order valence-corrected chi connectivity index (χ0v) is 14.8. The van der Waals surface area contributed by atoms with Crippen LogP contribution >= 0.6 is 0 Å². The number of rotatable bonds is 7. The van der Waals surface area contributed by atoms with Crippen molar-refractivity contribution in [1.29, 1.82) is 0 Å². The molecule has 1 aromatic carbocycles. The number of carboxylic acid groups (broad SMARTS) is 1. The first-order chi connectivity index (χ1) is 12.2. The Morgan fingerprint density at radius 1 is 1.36 bits per heavy atom. The minimum atomic E-state index is -0.704. The molecule has 2 atom stereocenters. The molecule has 1 N–H and O–H groups in total. The minimum Gasteiger partial charge on any atom is -0.493 e. The van der Waals surface area contributed by atoms with Crippen LogP contribution in [0.5, 0.6) is 11.5 Å². The number of nitrogens with zero attached hydrogens (tertiary/aromatic N) is 1. The van der Waals surface area contributed by atoms with Gasteiger partial charge in [-0.1, -0.05) is 12.1 Å². The van der Waals surface area contributed by atoms with Gasteiger partial charge in [0.1, 0.15) is 6.61 Å². The van der Waals surface area contributed by atoms with E-state index in [2.05, 4.69) is 4.90 Å². The van der Waals surface area contributed by atoms with Crippen molar-refractivity contribution in [3.63, 3.8) is 0 Å². The number of carboxylic acids is 1. The van der Waals surface area contributed by atoms with E-state index in [4.69, 9.17) is 14.2 Å². The summed E-state index contributed by atoms with van der Waals surface area (Å²) in [5, 5.41) is 9.28.